The minimum atomic E-state index is -0.490. The minimum Gasteiger partial charge on any atom is -0.378 e. The van der Waals surface area contributed by atoms with E-state index in [2.05, 4.69) is 20.2 Å². The number of hydrogen-bond donors (Lipinski definition) is 1. The molecule has 0 saturated carbocycles. The summed E-state index contributed by atoms with van der Waals surface area (Å²) in [5.41, 5.74) is 0.365. The van der Waals surface area contributed by atoms with Gasteiger partial charge in [-0.1, -0.05) is 0 Å². The van der Waals surface area contributed by atoms with Gasteiger partial charge in [0.2, 0.25) is 5.95 Å². The summed E-state index contributed by atoms with van der Waals surface area (Å²) in [5.74, 6) is 0.380. The van der Waals surface area contributed by atoms with Crippen molar-refractivity contribution in [1.29, 1.82) is 0 Å². The highest BCUT2D eigenvalue weighted by Crippen LogP contribution is 2.24. The Bertz CT molecular complexity index is 512. The van der Waals surface area contributed by atoms with Crippen LogP contribution in [0.5, 0.6) is 0 Å². The van der Waals surface area contributed by atoms with Gasteiger partial charge in [-0.2, -0.15) is 0 Å². The molecule has 0 amide bonds. The lowest BCUT2D eigenvalue weighted by molar-refractivity contribution is -0.387. The monoisotopic (exact) mass is 311 g/mol. The summed E-state index contributed by atoms with van der Waals surface area (Å²) in [6, 6.07) is 0.234. The molecule has 1 fully saturated rings. The molecule has 1 N–H and O–H groups in total. The van der Waals surface area contributed by atoms with Crippen molar-refractivity contribution in [1.82, 2.24) is 14.9 Å². The largest absolute Gasteiger partial charge is 0.378 e. The van der Waals surface area contributed by atoms with Crippen molar-refractivity contribution in [2.24, 2.45) is 0 Å². The zero-order valence-corrected chi connectivity index (χ0v) is 13.0. The number of ether oxygens (including phenoxy) is 2. The van der Waals surface area contributed by atoms with Crippen molar-refractivity contribution in [3.05, 3.63) is 21.5 Å². The van der Waals surface area contributed by atoms with Crippen LogP contribution in [0.15, 0.2) is 0 Å². The highest BCUT2D eigenvalue weighted by Gasteiger charge is 2.26. The van der Waals surface area contributed by atoms with Crippen LogP contribution in [0.3, 0.4) is 0 Å². The van der Waals surface area contributed by atoms with E-state index in [1.54, 1.807) is 0 Å². The molecule has 1 aromatic heterocycles. The van der Waals surface area contributed by atoms with E-state index in [-0.39, 0.29) is 36.3 Å². The Kier molecular flexibility index (Phi) is 5.58. The summed E-state index contributed by atoms with van der Waals surface area (Å²) >= 11 is 0. The van der Waals surface area contributed by atoms with Crippen molar-refractivity contribution in [2.75, 3.05) is 39.7 Å². The summed E-state index contributed by atoms with van der Waals surface area (Å²) < 4.78 is 10.0. The molecule has 0 aliphatic carbocycles. The molecule has 0 aromatic carbocycles. The Morgan fingerprint density at radius 1 is 1.32 bits per heavy atom. The van der Waals surface area contributed by atoms with E-state index in [4.69, 9.17) is 9.47 Å². The van der Waals surface area contributed by atoms with Gasteiger partial charge in [0.05, 0.1) is 18.1 Å². The minimum absolute atomic E-state index is 0.0504. The Morgan fingerprint density at radius 3 is 2.32 bits per heavy atom. The molecule has 1 aliphatic rings. The van der Waals surface area contributed by atoms with E-state index in [0.717, 1.165) is 19.5 Å². The fraction of sp³-hybridized carbons (Fsp3) is 0.692. The molecular formula is C13H21N5O4. The third-order valence-electron chi connectivity index (χ3n) is 3.50. The molecule has 2 rings (SSSR count). The average molecular weight is 311 g/mol. The summed E-state index contributed by atoms with van der Waals surface area (Å²) in [4.78, 5) is 21.5. The van der Waals surface area contributed by atoms with Crippen LogP contribution in [0.4, 0.5) is 11.6 Å². The standard InChI is InChI=1S/C13H21N5O4/c1-17-5-4-9(6-17)14-13-15-10(7-21-2)12(18(19)20)11(16-13)8-22-3/h9H,4-8H2,1-3H3,(H,14,15,16). The molecule has 122 valence electrons. The molecule has 1 atom stereocenters. The van der Waals surface area contributed by atoms with Gasteiger partial charge in [0.15, 0.2) is 0 Å². The van der Waals surface area contributed by atoms with Gasteiger partial charge < -0.3 is 19.7 Å². The van der Waals surface area contributed by atoms with Crippen molar-refractivity contribution >= 4 is 11.6 Å². The number of anilines is 1. The Morgan fingerprint density at radius 2 is 1.91 bits per heavy atom. The fourth-order valence-corrected chi connectivity index (χ4v) is 2.54. The summed E-state index contributed by atoms with van der Waals surface area (Å²) in [6.07, 6.45) is 0.982. The predicted molar refractivity (Wildman–Crippen MR) is 79.6 cm³/mol. The smallest absolute Gasteiger partial charge is 0.317 e. The maximum absolute atomic E-state index is 11.3. The number of methoxy groups -OCH3 is 2. The maximum atomic E-state index is 11.3. The fourth-order valence-electron chi connectivity index (χ4n) is 2.54. The van der Waals surface area contributed by atoms with E-state index in [1.807, 2.05) is 7.05 Å². The van der Waals surface area contributed by atoms with Crippen LogP contribution in [0.25, 0.3) is 0 Å². The molecule has 1 aromatic rings. The zero-order chi connectivity index (χ0) is 16.1. The topological polar surface area (TPSA) is 103 Å². The molecule has 1 unspecified atom stereocenters. The van der Waals surface area contributed by atoms with Crippen LogP contribution >= 0.6 is 0 Å². The third kappa shape index (κ3) is 3.87. The predicted octanol–water partition coefficient (Wildman–Crippen LogP) is 0.794. The van der Waals surface area contributed by atoms with E-state index in [0.29, 0.717) is 5.95 Å². The number of likely N-dealkylation sites (tertiary alicyclic amines) is 1. The normalized spacial score (nSPS) is 18.6. The molecule has 1 saturated heterocycles. The summed E-state index contributed by atoms with van der Waals surface area (Å²) in [6.45, 7) is 1.99. The van der Waals surface area contributed by atoms with E-state index >= 15 is 0 Å². The van der Waals surface area contributed by atoms with Crippen LogP contribution in [-0.2, 0) is 22.7 Å². The number of rotatable bonds is 7. The zero-order valence-electron chi connectivity index (χ0n) is 13.0. The molecular weight excluding hydrogens is 290 g/mol. The second-order valence-corrected chi connectivity index (χ2v) is 5.30. The van der Waals surface area contributed by atoms with Crippen molar-refractivity contribution in [2.45, 2.75) is 25.7 Å². The van der Waals surface area contributed by atoms with Crippen LogP contribution in [0, 0.1) is 10.1 Å². The van der Waals surface area contributed by atoms with Gasteiger partial charge in [-0.15, -0.1) is 0 Å². The lowest BCUT2D eigenvalue weighted by atomic mass is 10.2. The number of nitro groups is 1. The lowest BCUT2D eigenvalue weighted by Gasteiger charge is -2.14. The molecule has 0 radical (unpaired) electrons. The van der Waals surface area contributed by atoms with Crippen LogP contribution in [0.2, 0.25) is 0 Å². The van der Waals surface area contributed by atoms with Gasteiger partial charge >= 0.3 is 5.69 Å². The van der Waals surface area contributed by atoms with Gasteiger partial charge in [0.1, 0.15) is 11.4 Å². The summed E-state index contributed by atoms with van der Waals surface area (Å²) in [7, 11) is 4.99. The maximum Gasteiger partial charge on any atom is 0.317 e. The third-order valence-corrected chi connectivity index (χ3v) is 3.50. The SMILES string of the molecule is COCc1nc(NC2CCN(C)C2)nc(COC)c1[N+](=O)[O-]. The van der Waals surface area contributed by atoms with Gasteiger partial charge in [-0.25, -0.2) is 9.97 Å². The second-order valence-electron chi connectivity index (χ2n) is 5.30. The second kappa shape index (κ2) is 7.43. The first-order chi connectivity index (χ1) is 10.5. The van der Waals surface area contributed by atoms with Gasteiger partial charge in [0.25, 0.3) is 0 Å². The highest BCUT2D eigenvalue weighted by molar-refractivity contribution is 5.45. The number of nitrogens with one attached hydrogen (secondary N) is 1. The number of aromatic nitrogens is 2. The average Bonchev–Trinajstić information content (AvgIpc) is 2.84. The number of likely N-dealkylation sites (N-methyl/N-ethyl adjacent to an activating group) is 1. The first-order valence-corrected chi connectivity index (χ1v) is 7.02. The molecule has 2 heterocycles. The first kappa shape index (κ1) is 16.5. The van der Waals surface area contributed by atoms with Gasteiger partial charge in [-0.05, 0) is 20.0 Å². The lowest BCUT2D eigenvalue weighted by Crippen LogP contribution is -2.25. The quantitative estimate of drug-likeness (QED) is 0.582. The molecule has 9 nitrogen and oxygen atoms in total. The molecule has 22 heavy (non-hydrogen) atoms. The van der Waals surface area contributed by atoms with Crippen molar-refractivity contribution in [3.8, 4) is 0 Å². The van der Waals surface area contributed by atoms with Crippen molar-refractivity contribution < 1.29 is 14.4 Å². The first-order valence-electron chi connectivity index (χ1n) is 7.02. The van der Waals surface area contributed by atoms with E-state index in [1.165, 1.54) is 14.2 Å². The van der Waals surface area contributed by atoms with Gasteiger partial charge in [-0.3, -0.25) is 10.1 Å². The molecule has 0 spiro atoms. The molecule has 9 heteroatoms. The Hall–Kier alpha value is -1.84. The summed E-state index contributed by atoms with van der Waals surface area (Å²) in [5, 5.41) is 14.5. The Labute approximate surface area is 128 Å². The van der Waals surface area contributed by atoms with Crippen LogP contribution < -0.4 is 5.32 Å². The van der Waals surface area contributed by atoms with Gasteiger partial charge in [0, 0.05) is 26.8 Å². The van der Waals surface area contributed by atoms with E-state index in [9.17, 15) is 10.1 Å². The van der Waals surface area contributed by atoms with Crippen LogP contribution in [-0.4, -0.2) is 60.2 Å². The highest BCUT2D eigenvalue weighted by atomic mass is 16.6. The number of nitrogens with zero attached hydrogens (tertiary/aromatic N) is 4. The van der Waals surface area contributed by atoms with Crippen LogP contribution in [0.1, 0.15) is 17.8 Å². The molecule has 1 aliphatic heterocycles. The number of hydrogen-bond acceptors (Lipinski definition) is 8. The Balaban J connectivity index is 2.31. The van der Waals surface area contributed by atoms with Crippen molar-refractivity contribution in [3.63, 3.8) is 0 Å². The molecule has 0 bridgehead atoms. The van der Waals surface area contributed by atoms with E-state index < -0.39 is 4.92 Å².